The van der Waals surface area contributed by atoms with E-state index in [0.29, 0.717) is 39.9 Å². The number of amides is 2. The Kier molecular flexibility index (Phi) is 8.95. The third-order valence-electron chi connectivity index (χ3n) is 6.91. The highest BCUT2D eigenvalue weighted by Crippen LogP contribution is 2.35. The van der Waals surface area contributed by atoms with Crippen molar-refractivity contribution in [3.63, 3.8) is 0 Å². The van der Waals surface area contributed by atoms with Crippen LogP contribution in [0.2, 0.25) is 0 Å². The molecular formula is C30H32N6O6. The number of benzene rings is 3. The quantitative estimate of drug-likeness (QED) is 0.145. The van der Waals surface area contributed by atoms with Crippen LogP contribution in [0.4, 0.5) is 21.9 Å². The van der Waals surface area contributed by atoms with E-state index in [-0.39, 0.29) is 37.2 Å². The summed E-state index contributed by atoms with van der Waals surface area (Å²) in [6.07, 6.45) is 3.06. The molecule has 4 N–H and O–H groups in total. The highest BCUT2D eigenvalue weighted by Gasteiger charge is 2.32. The molecule has 2 amide bonds. The average molecular weight is 573 g/mol. The molecule has 0 spiro atoms. The van der Waals surface area contributed by atoms with Crippen molar-refractivity contribution in [3.8, 4) is 0 Å². The molecule has 1 heterocycles. The smallest absolute Gasteiger partial charge is 0.411 e. The summed E-state index contributed by atoms with van der Waals surface area (Å²) in [5, 5.41) is 17.2. The molecule has 0 unspecified atom stereocenters. The lowest BCUT2D eigenvalue weighted by Gasteiger charge is -2.25. The molecule has 0 radical (unpaired) electrons. The average Bonchev–Trinajstić information content (AvgIpc) is 3.83. The highest BCUT2D eigenvalue weighted by molar-refractivity contribution is 5.86. The largest absolute Gasteiger partial charge is 0.449 e. The van der Waals surface area contributed by atoms with Crippen molar-refractivity contribution in [2.75, 3.05) is 35.9 Å². The van der Waals surface area contributed by atoms with Gasteiger partial charge in [0, 0.05) is 31.4 Å². The van der Waals surface area contributed by atoms with Gasteiger partial charge >= 0.3 is 6.09 Å². The van der Waals surface area contributed by atoms with Gasteiger partial charge in [0.05, 0.1) is 42.1 Å². The minimum absolute atomic E-state index is 0.0173. The number of aromatic nitrogens is 2. The molecule has 4 aromatic rings. The minimum Gasteiger partial charge on any atom is -0.449 e. The number of aromatic amines is 1. The number of likely N-dealkylation sites (N-methyl/N-ethyl adjacent to an activating group) is 1. The Hall–Kier alpha value is -4.94. The zero-order valence-electron chi connectivity index (χ0n) is 23.1. The lowest BCUT2D eigenvalue weighted by molar-refractivity contribution is -0.255. The van der Waals surface area contributed by atoms with Crippen LogP contribution in [-0.4, -0.2) is 58.4 Å². The van der Waals surface area contributed by atoms with E-state index < -0.39 is 6.09 Å². The summed E-state index contributed by atoms with van der Waals surface area (Å²) in [7, 11) is 1.65. The molecular weight excluding hydrogens is 540 g/mol. The molecule has 0 atom stereocenters. The van der Waals surface area contributed by atoms with Crippen LogP contribution in [0.3, 0.4) is 0 Å². The summed E-state index contributed by atoms with van der Waals surface area (Å²) in [4.78, 5) is 50.5. The number of hydroxylamine groups is 1. The number of nitrogens with one attached hydrogen (secondary N) is 3. The molecule has 12 heteroatoms. The zero-order valence-corrected chi connectivity index (χ0v) is 23.1. The number of carbonyl (C=O) groups is 2. The third-order valence-corrected chi connectivity index (χ3v) is 6.91. The van der Waals surface area contributed by atoms with Crippen LogP contribution >= 0.6 is 0 Å². The Morgan fingerprint density at radius 2 is 1.86 bits per heavy atom. The highest BCUT2D eigenvalue weighted by atomic mass is 17.2. The first kappa shape index (κ1) is 28.6. The minimum atomic E-state index is -0.597. The molecule has 0 bridgehead atoms. The van der Waals surface area contributed by atoms with Gasteiger partial charge in [-0.2, -0.15) is 0 Å². The van der Waals surface area contributed by atoms with Gasteiger partial charge in [0.1, 0.15) is 0 Å². The van der Waals surface area contributed by atoms with Gasteiger partial charge in [0.2, 0.25) is 5.91 Å². The number of anilines is 3. The number of fused-ring (bicyclic) bond motifs is 1. The fourth-order valence-corrected chi connectivity index (χ4v) is 4.52. The maximum Gasteiger partial charge on any atom is 0.411 e. The summed E-state index contributed by atoms with van der Waals surface area (Å²) in [5.74, 6) is -0.220. The third kappa shape index (κ3) is 7.22. The Bertz CT molecular complexity index is 1610. The van der Waals surface area contributed by atoms with Gasteiger partial charge in [0.15, 0.2) is 0 Å². The fraction of sp³-hybridized carbons (Fsp3) is 0.267. The van der Waals surface area contributed by atoms with E-state index in [1.807, 2.05) is 30.3 Å². The Labute approximate surface area is 241 Å². The van der Waals surface area contributed by atoms with Crippen molar-refractivity contribution < 1.29 is 24.6 Å². The van der Waals surface area contributed by atoms with Gasteiger partial charge < -0.3 is 19.9 Å². The van der Waals surface area contributed by atoms with E-state index in [1.54, 1.807) is 43.4 Å². The van der Waals surface area contributed by atoms with Crippen LogP contribution in [0, 0.1) is 0 Å². The van der Waals surface area contributed by atoms with E-state index in [2.05, 4.69) is 25.6 Å². The number of carbonyl (C=O) groups excluding carboxylic acids is 2. The predicted molar refractivity (Wildman–Crippen MR) is 158 cm³/mol. The van der Waals surface area contributed by atoms with E-state index in [4.69, 9.17) is 4.74 Å². The van der Waals surface area contributed by atoms with Crippen molar-refractivity contribution in [2.24, 2.45) is 0 Å². The molecule has 1 aromatic heterocycles. The van der Waals surface area contributed by atoms with Gasteiger partial charge in [-0.05, 0) is 60.4 Å². The first-order valence-electron chi connectivity index (χ1n) is 13.6. The Balaban J connectivity index is 1.24. The normalized spacial score (nSPS) is 12.5. The SMILES string of the molecule is CN(Cc1cc(NC(=O)OCCc2ccccc2)ccc1N(OO)C1CC1)C(=O)CNc1ccc2nc[nH]c(=O)c2c1. The topological polar surface area (TPSA) is 149 Å². The number of hydrogen-bond acceptors (Lipinski definition) is 9. The number of rotatable bonds is 12. The standard InChI is InChI=1S/C30H32N6O6/c1-35(28(37)17-31-22-7-11-26-25(16-22)29(38)33-19-32-26)18-21-15-23(8-12-27(21)36(42-40)24-9-10-24)34-30(39)41-14-13-20-5-3-2-4-6-20/h2-8,11-12,15-16,19,24,31,40H,9-10,13-14,17-18H2,1H3,(H,34,39)(H,32,33,38). The maximum atomic E-state index is 13.0. The zero-order chi connectivity index (χ0) is 29.5. The van der Waals surface area contributed by atoms with Crippen LogP contribution in [0.1, 0.15) is 24.0 Å². The lowest BCUT2D eigenvalue weighted by Crippen LogP contribution is -2.33. The second-order valence-electron chi connectivity index (χ2n) is 10.0. The van der Waals surface area contributed by atoms with E-state index in [0.717, 1.165) is 18.4 Å². The summed E-state index contributed by atoms with van der Waals surface area (Å²) in [6, 6.07) is 20.0. The molecule has 0 aliphatic heterocycles. The Morgan fingerprint density at radius 1 is 1.07 bits per heavy atom. The second kappa shape index (κ2) is 13.1. The molecule has 5 rings (SSSR count). The van der Waals surface area contributed by atoms with Gasteiger partial charge in [-0.25, -0.2) is 20.1 Å². The molecule has 1 aliphatic carbocycles. The van der Waals surface area contributed by atoms with Crippen molar-refractivity contribution in [1.29, 1.82) is 0 Å². The lowest BCUT2D eigenvalue weighted by atomic mass is 10.1. The van der Waals surface area contributed by atoms with E-state index in [1.165, 1.54) is 16.3 Å². The molecule has 12 nitrogen and oxygen atoms in total. The number of nitrogens with zero attached hydrogens (tertiary/aromatic N) is 3. The summed E-state index contributed by atoms with van der Waals surface area (Å²) < 4.78 is 5.34. The van der Waals surface area contributed by atoms with Crippen molar-refractivity contribution in [2.45, 2.75) is 31.8 Å². The van der Waals surface area contributed by atoms with Crippen LogP contribution in [0.5, 0.6) is 0 Å². The second-order valence-corrected chi connectivity index (χ2v) is 10.0. The van der Waals surface area contributed by atoms with Gasteiger partial charge in [-0.1, -0.05) is 30.3 Å². The van der Waals surface area contributed by atoms with Crippen LogP contribution in [0.25, 0.3) is 10.9 Å². The molecule has 42 heavy (non-hydrogen) atoms. The van der Waals surface area contributed by atoms with Crippen molar-refractivity contribution >= 4 is 40.0 Å². The molecule has 3 aromatic carbocycles. The van der Waals surface area contributed by atoms with Gasteiger partial charge in [-0.3, -0.25) is 14.9 Å². The van der Waals surface area contributed by atoms with Crippen molar-refractivity contribution in [1.82, 2.24) is 14.9 Å². The molecule has 0 saturated heterocycles. The van der Waals surface area contributed by atoms with Crippen molar-refractivity contribution in [3.05, 3.63) is 94.5 Å². The maximum absolute atomic E-state index is 13.0. The number of ether oxygens (including phenoxy) is 1. The van der Waals surface area contributed by atoms with Crippen LogP contribution in [0.15, 0.2) is 77.9 Å². The first-order valence-corrected chi connectivity index (χ1v) is 13.6. The van der Waals surface area contributed by atoms with Crippen LogP contribution in [-0.2, 0) is 27.5 Å². The van der Waals surface area contributed by atoms with Gasteiger partial charge in [-0.15, -0.1) is 4.99 Å². The first-order chi connectivity index (χ1) is 20.4. The number of H-pyrrole nitrogens is 1. The predicted octanol–water partition coefficient (Wildman–Crippen LogP) is 4.16. The summed E-state index contributed by atoms with van der Waals surface area (Å²) in [5.41, 5.74) is 3.67. The fourth-order valence-electron chi connectivity index (χ4n) is 4.52. The molecule has 1 fully saturated rings. The van der Waals surface area contributed by atoms with Gasteiger partial charge in [0.25, 0.3) is 5.56 Å². The Morgan fingerprint density at radius 3 is 2.62 bits per heavy atom. The van der Waals surface area contributed by atoms with E-state index >= 15 is 0 Å². The molecule has 1 saturated carbocycles. The number of hydrogen-bond donors (Lipinski definition) is 4. The van der Waals surface area contributed by atoms with E-state index in [9.17, 15) is 19.6 Å². The monoisotopic (exact) mass is 572 g/mol. The van der Waals surface area contributed by atoms with Crippen LogP contribution < -0.4 is 21.3 Å². The molecule has 218 valence electrons. The molecule has 1 aliphatic rings. The summed E-state index contributed by atoms with van der Waals surface area (Å²) >= 11 is 0. The summed E-state index contributed by atoms with van der Waals surface area (Å²) in [6.45, 7) is 0.368.